The van der Waals surface area contributed by atoms with Crippen molar-refractivity contribution in [2.75, 3.05) is 12.0 Å². The number of amides is 1. The fourth-order valence-corrected chi connectivity index (χ4v) is 2.40. The molecular formula is C15H15N3O3. The number of hydrogen-bond donors (Lipinski definition) is 0. The van der Waals surface area contributed by atoms with Gasteiger partial charge in [-0.25, -0.2) is 0 Å². The third-order valence-electron chi connectivity index (χ3n) is 3.53. The third-order valence-corrected chi connectivity index (χ3v) is 3.53. The topological polar surface area (TPSA) is 64.4 Å². The van der Waals surface area contributed by atoms with E-state index < -0.39 is 11.7 Å². The van der Waals surface area contributed by atoms with E-state index in [9.17, 15) is 9.59 Å². The Hall–Kier alpha value is -2.63. The number of aryl methyl sites for hydroxylation is 1. The summed E-state index contributed by atoms with van der Waals surface area (Å²) in [6.45, 7) is 3.07. The fraction of sp³-hybridized carbons (Fsp3) is 0.267. The molecule has 0 bridgehead atoms. The van der Waals surface area contributed by atoms with Gasteiger partial charge in [-0.1, -0.05) is 0 Å². The fourth-order valence-electron chi connectivity index (χ4n) is 2.40. The lowest BCUT2D eigenvalue weighted by atomic mass is 10.1. The number of nitrogens with zero attached hydrogens (tertiary/aromatic N) is 3. The zero-order valence-corrected chi connectivity index (χ0v) is 11.9. The Morgan fingerprint density at radius 2 is 2.10 bits per heavy atom. The van der Waals surface area contributed by atoms with Crippen LogP contribution in [0.2, 0.25) is 0 Å². The van der Waals surface area contributed by atoms with E-state index in [0.29, 0.717) is 23.5 Å². The Bertz CT molecular complexity index is 721. The molecule has 0 aliphatic carbocycles. The molecule has 21 heavy (non-hydrogen) atoms. The molecule has 0 fully saturated rings. The van der Waals surface area contributed by atoms with Crippen molar-refractivity contribution in [3.05, 3.63) is 41.7 Å². The maximum atomic E-state index is 12.2. The number of benzene rings is 1. The highest BCUT2D eigenvalue weighted by Crippen LogP contribution is 2.33. The summed E-state index contributed by atoms with van der Waals surface area (Å²) in [5.41, 5.74) is 1.89. The number of ether oxygens (including phenoxy) is 1. The minimum atomic E-state index is -0.512. The average Bonchev–Trinajstić information content (AvgIpc) is 3.06. The summed E-state index contributed by atoms with van der Waals surface area (Å²) in [7, 11) is 1.55. The molecule has 6 heteroatoms. The van der Waals surface area contributed by atoms with Crippen molar-refractivity contribution in [2.24, 2.45) is 0 Å². The predicted molar refractivity (Wildman–Crippen MR) is 76.4 cm³/mol. The van der Waals surface area contributed by atoms with Gasteiger partial charge in [-0.2, -0.15) is 5.10 Å². The van der Waals surface area contributed by atoms with Crippen molar-refractivity contribution in [3.8, 4) is 5.75 Å². The number of anilines is 1. The van der Waals surface area contributed by atoms with Crippen LogP contribution in [0.5, 0.6) is 5.75 Å². The second kappa shape index (κ2) is 5.05. The molecule has 6 nitrogen and oxygen atoms in total. The van der Waals surface area contributed by atoms with Gasteiger partial charge >= 0.3 is 0 Å². The van der Waals surface area contributed by atoms with E-state index >= 15 is 0 Å². The minimum Gasteiger partial charge on any atom is -0.497 e. The molecule has 1 aliphatic heterocycles. The van der Waals surface area contributed by atoms with Gasteiger partial charge in [0.15, 0.2) is 0 Å². The van der Waals surface area contributed by atoms with Crippen LogP contribution in [0, 0.1) is 0 Å². The number of carbonyl (C=O) groups excluding carboxylic acids is 2. The largest absolute Gasteiger partial charge is 0.497 e. The number of ketones is 1. The number of aromatic nitrogens is 2. The molecule has 0 N–H and O–H groups in total. The Morgan fingerprint density at radius 3 is 2.76 bits per heavy atom. The average molecular weight is 285 g/mol. The lowest BCUT2D eigenvalue weighted by Gasteiger charge is -2.15. The van der Waals surface area contributed by atoms with Gasteiger partial charge in [0.05, 0.1) is 31.1 Å². The molecule has 0 saturated heterocycles. The molecule has 0 atom stereocenters. The number of methoxy groups -OCH3 is 1. The molecule has 0 radical (unpaired) electrons. The maximum absolute atomic E-state index is 12.2. The van der Waals surface area contributed by atoms with Crippen LogP contribution in [-0.4, -0.2) is 28.6 Å². The number of carbonyl (C=O) groups is 2. The second-order valence-electron chi connectivity index (χ2n) is 4.81. The van der Waals surface area contributed by atoms with Crippen molar-refractivity contribution in [1.29, 1.82) is 0 Å². The first kappa shape index (κ1) is 13.4. The molecule has 0 unspecified atom stereocenters. The summed E-state index contributed by atoms with van der Waals surface area (Å²) in [5.74, 6) is -0.372. The van der Waals surface area contributed by atoms with Gasteiger partial charge in [-0.05, 0) is 19.1 Å². The molecule has 1 aromatic heterocycles. The first-order valence-corrected chi connectivity index (χ1v) is 6.69. The van der Waals surface area contributed by atoms with Crippen molar-refractivity contribution < 1.29 is 14.3 Å². The number of hydrogen-bond acceptors (Lipinski definition) is 4. The molecule has 2 heterocycles. The van der Waals surface area contributed by atoms with E-state index in [0.717, 1.165) is 12.1 Å². The minimum absolute atomic E-state index is 0.324. The summed E-state index contributed by atoms with van der Waals surface area (Å²) in [4.78, 5) is 25.6. The Kier molecular flexibility index (Phi) is 3.21. The number of rotatable bonds is 4. The van der Waals surface area contributed by atoms with Crippen molar-refractivity contribution >= 4 is 17.4 Å². The standard InChI is InChI=1S/C15H15N3O3/c1-3-17-8-10(7-16-17)9-18-13-6-11(21-2)4-5-12(13)14(19)15(18)20/h4-8H,3,9H2,1-2H3. The van der Waals surface area contributed by atoms with Gasteiger partial charge in [0.1, 0.15) is 5.75 Å². The van der Waals surface area contributed by atoms with Crippen LogP contribution in [-0.2, 0) is 17.9 Å². The molecule has 1 aliphatic rings. The molecular weight excluding hydrogens is 270 g/mol. The van der Waals surface area contributed by atoms with Gasteiger partial charge in [-0.3, -0.25) is 14.3 Å². The predicted octanol–water partition coefficient (Wildman–Crippen LogP) is 1.64. The zero-order chi connectivity index (χ0) is 15.0. The molecule has 0 spiro atoms. The van der Waals surface area contributed by atoms with Gasteiger partial charge in [0.2, 0.25) is 0 Å². The molecule has 1 aromatic carbocycles. The smallest absolute Gasteiger partial charge is 0.299 e. The molecule has 3 rings (SSSR count). The highest BCUT2D eigenvalue weighted by Gasteiger charge is 2.36. The van der Waals surface area contributed by atoms with Gasteiger partial charge in [0, 0.05) is 24.4 Å². The maximum Gasteiger partial charge on any atom is 0.299 e. The second-order valence-corrected chi connectivity index (χ2v) is 4.81. The van der Waals surface area contributed by atoms with E-state index in [1.165, 1.54) is 4.90 Å². The van der Waals surface area contributed by atoms with E-state index in [2.05, 4.69) is 5.10 Å². The Morgan fingerprint density at radius 1 is 1.29 bits per heavy atom. The zero-order valence-electron chi connectivity index (χ0n) is 11.9. The van der Waals surface area contributed by atoms with Crippen LogP contribution in [0.1, 0.15) is 22.8 Å². The van der Waals surface area contributed by atoms with Gasteiger partial charge < -0.3 is 9.64 Å². The number of Topliss-reactive ketones (excluding diaryl/α,β-unsaturated/α-hetero) is 1. The van der Waals surface area contributed by atoms with Crippen LogP contribution >= 0.6 is 0 Å². The molecule has 1 amide bonds. The summed E-state index contributed by atoms with van der Waals surface area (Å²) in [6.07, 6.45) is 3.58. The molecule has 0 saturated carbocycles. The lowest BCUT2D eigenvalue weighted by molar-refractivity contribution is -0.114. The van der Waals surface area contributed by atoms with Crippen LogP contribution in [0.4, 0.5) is 5.69 Å². The highest BCUT2D eigenvalue weighted by molar-refractivity contribution is 6.52. The third kappa shape index (κ3) is 2.18. The monoisotopic (exact) mass is 285 g/mol. The Balaban J connectivity index is 1.96. The van der Waals surface area contributed by atoms with Crippen LogP contribution in [0.15, 0.2) is 30.6 Å². The SMILES string of the molecule is CCn1cc(CN2C(=O)C(=O)c3ccc(OC)cc32)cn1. The van der Waals surface area contributed by atoms with Crippen molar-refractivity contribution in [3.63, 3.8) is 0 Å². The van der Waals surface area contributed by atoms with Crippen LogP contribution in [0.3, 0.4) is 0 Å². The van der Waals surface area contributed by atoms with E-state index in [4.69, 9.17) is 4.74 Å². The van der Waals surface area contributed by atoms with Gasteiger partial charge in [0.25, 0.3) is 11.7 Å². The van der Waals surface area contributed by atoms with E-state index in [-0.39, 0.29) is 0 Å². The summed E-state index contributed by atoms with van der Waals surface area (Å²) in [6, 6.07) is 5.02. The highest BCUT2D eigenvalue weighted by atomic mass is 16.5. The van der Waals surface area contributed by atoms with E-state index in [1.54, 1.807) is 36.2 Å². The van der Waals surface area contributed by atoms with Crippen molar-refractivity contribution in [2.45, 2.75) is 20.0 Å². The summed E-state index contributed by atoms with van der Waals surface area (Å²) < 4.78 is 6.95. The summed E-state index contributed by atoms with van der Waals surface area (Å²) in [5, 5.41) is 4.18. The summed E-state index contributed by atoms with van der Waals surface area (Å²) >= 11 is 0. The molecule has 2 aromatic rings. The quantitative estimate of drug-likeness (QED) is 0.801. The first-order valence-electron chi connectivity index (χ1n) is 6.69. The van der Waals surface area contributed by atoms with Gasteiger partial charge in [-0.15, -0.1) is 0 Å². The first-order chi connectivity index (χ1) is 10.1. The normalized spacial score (nSPS) is 13.7. The van der Waals surface area contributed by atoms with Crippen LogP contribution in [0.25, 0.3) is 0 Å². The number of fused-ring (bicyclic) bond motifs is 1. The van der Waals surface area contributed by atoms with Crippen molar-refractivity contribution in [1.82, 2.24) is 9.78 Å². The van der Waals surface area contributed by atoms with Crippen LogP contribution < -0.4 is 9.64 Å². The van der Waals surface area contributed by atoms with E-state index in [1.807, 2.05) is 13.1 Å². The Labute approximate surface area is 121 Å². The lowest BCUT2D eigenvalue weighted by Crippen LogP contribution is -2.29. The molecule has 108 valence electrons.